The van der Waals surface area contributed by atoms with E-state index in [1.165, 1.54) is 0 Å². The van der Waals surface area contributed by atoms with Gasteiger partial charge >= 0.3 is 0 Å². The van der Waals surface area contributed by atoms with E-state index < -0.39 is 5.66 Å². The molecule has 0 bridgehead atoms. The van der Waals surface area contributed by atoms with E-state index >= 15 is 0 Å². The number of nitrogens with one attached hydrogen (secondary N) is 1. The summed E-state index contributed by atoms with van der Waals surface area (Å²) in [4.78, 5) is 15.5. The predicted octanol–water partition coefficient (Wildman–Crippen LogP) is 2.66. The number of piperazine rings is 1. The summed E-state index contributed by atoms with van der Waals surface area (Å²) in [6.45, 7) is 1.87. The number of hydrogen-bond acceptors (Lipinski definition) is 5. The van der Waals surface area contributed by atoms with Crippen LogP contribution in [0, 0.1) is 0 Å². The van der Waals surface area contributed by atoms with E-state index in [1.54, 1.807) is 7.11 Å². The van der Waals surface area contributed by atoms with E-state index in [2.05, 4.69) is 17.9 Å². The molecule has 27 heavy (non-hydrogen) atoms. The van der Waals surface area contributed by atoms with Crippen LogP contribution in [-0.4, -0.2) is 55.1 Å². The zero-order valence-corrected chi connectivity index (χ0v) is 16.8. The van der Waals surface area contributed by atoms with E-state index in [0.29, 0.717) is 26.1 Å². The molecular weight excluding hydrogens is 358 g/mol. The van der Waals surface area contributed by atoms with Crippen LogP contribution < -0.4 is 11.1 Å². The van der Waals surface area contributed by atoms with Gasteiger partial charge in [0.15, 0.2) is 0 Å². The van der Waals surface area contributed by atoms with Crippen molar-refractivity contribution >= 4 is 29.3 Å². The van der Waals surface area contributed by atoms with Crippen LogP contribution in [0.4, 0.5) is 0 Å². The predicted molar refractivity (Wildman–Crippen MR) is 113 cm³/mol. The van der Waals surface area contributed by atoms with Crippen LogP contribution in [0.25, 0.3) is 10.8 Å². The van der Waals surface area contributed by atoms with Gasteiger partial charge in [0, 0.05) is 38.8 Å². The summed E-state index contributed by atoms with van der Waals surface area (Å²) in [7, 11) is 1.67. The number of nitrogens with zero attached hydrogens (tertiary/aromatic N) is 1. The van der Waals surface area contributed by atoms with Crippen molar-refractivity contribution in [3.63, 3.8) is 0 Å². The Kier molecular flexibility index (Phi) is 6.76. The van der Waals surface area contributed by atoms with Crippen LogP contribution in [0.15, 0.2) is 42.5 Å². The molecule has 1 fully saturated rings. The number of fused-ring (bicyclic) bond motifs is 1. The Labute approximate surface area is 166 Å². The van der Waals surface area contributed by atoms with E-state index in [4.69, 9.17) is 10.5 Å². The summed E-state index contributed by atoms with van der Waals surface area (Å²) in [5.41, 5.74) is 6.82. The summed E-state index contributed by atoms with van der Waals surface area (Å²) >= 11 is 4.36. The maximum absolute atomic E-state index is 13.5. The largest absolute Gasteiger partial charge is 0.385 e. The highest BCUT2D eigenvalue weighted by Gasteiger charge is 2.43. The van der Waals surface area contributed by atoms with Crippen molar-refractivity contribution in [2.24, 2.45) is 5.73 Å². The lowest BCUT2D eigenvalue weighted by Gasteiger charge is -2.49. The molecule has 3 rings (SSSR count). The number of carbonyl (C=O) groups is 1. The molecule has 6 heteroatoms. The molecule has 3 N–H and O–H groups in total. The number of hydrogen-bond donors (Lipinski definition) is 3. The van der Waals surface area contributed by atoms with Crippen molar-refractivity contribution < 1.29 is 9.53 Å². The maximum Gasteiger partial charge on any atom is 0.254 e. The Bertz CT molecular complexity index is 780. The number of ether oxygens (including phenoxy) is 1. The normalized spacial score (nSPS) is 22.9. The highest BCUT2D eigenvalue weighted by atomic mass is 32.1. The monoisotopic (exact) mass is 387 g/mol. The lowest BCUT2D eigenvalue weighted by molar-refractivity contribution is 0.0241. The molecule has 146 valence electrons. The van der Waals surface area contributed by atoms with Crippen molar-refractivity contribution in [1.82, 2.24) is 10.2 Å². The first kappa shape index (κ1) is 20.1. The molecule has 0 aromatic heterocycles. The highest BCUT2D eigenvalue weighted by molar-refractivity contribution is 7.80. The fraction of sp³-hybridized carbons (Fsp3) is 0.476. The number of rotatable bonds is 7. The Morgan fingerprint density at radius 1 is 1.33 bits per heavy atom. The second kappa shape index (κ2) is 9.06. The standard InChI is InChI=1S/C21H29N3O2S/c1-26-14-11-21(22)19(10-5-15-27)24(13-12-23-21)20(25)18-9-4-7-16-6-2-3-8-17(16)18/h2-4,6-9,19,23,27H,5,10-15,22H2,1H3/t19?,21-/m0/s1. The van der Waals surface area contributed by atoms with Gasteiger partial charge < -0.3 is 15.4 Å². The Hall–Kier alpha value is -1.60. The Morgan fingerprint density at radius 2 is 2.11 bits per heavy atom. The average molecular weight is 388 g/mol. The smallest absolute Gasteiger partial charge is 0.254 e. The Balaban J connectivity index is 1.94. The quantitative estimate of drug-likeness (QED) is 0.639. The topological polar surface area (TPSA) is 67.6 Å². The third kappa shape index (κ3) is 4.29. The summed E-state index contributed by atoms with van der Waals surface area (Å²) in [6, 6.07) is 13.8. The zero-order chi connectivity index (χ0) is 19.3. The zero-order valence-electron chi connectivity index (χ0n) is 15.9. The molecule has 1 amide bonds. The van der Waals surface area contributed by atoms with E-state index in [9.17, 15) is 4.79 Å². The van der Waals surface area contributed by atoms with Gasteiger partial charge in [-0.2, -0.15) is 12.6 Å². The van der Waals surface area contributed by atoms with Crippen LogP contribution in [0.2, 0.25) is 0 Å². The minimum atomic E-state index is -0.655. The molecule has 1 heterocycles. The van der Waals surface area contributed by atoms with Gasteiger partial charge in [-0.25, -0.2) is 0 Å². The first-order chi connectivity index (χ1) is 13.1. The number of thiol groups is 1. The van der Waals surface area contributed by atoms with Crippen LogP contribution in [-0.2, 0) is 4.74 Å². The molecule has 0 aliphatic carbocycles. The van der Waals surface area contributed by atoms with E-state index in [1.807, 2.05) is 47.4 Å². The van der Waals surface area contributed by atoms with Crippen molar-refractivity contribution in [1.29, 1.82) is 0 Å². The molecule has 0 saturated carbocycles. The van der Waals surface area contributed by atoms with Gasteiger partial charge in [-0.3, -0.25) is 10.1 Å². The molecule has 1 saturated heterocycles. The van der Waals surface area contributed by atoms with Gasteiger partial charge in [0.2, 0.25) is 0 Å². The van der Waals surface area contributed by atoms with Gasteiger partial charge in [0.05, 0.1) is 11.7 Å². The van der Waals surface area contributed by atoms with Crippen molar-refractivity contribution in [2.75, 3.05) is 32.6 Å². The SMILES string of the molecule is COCC[C@]1(N)NCCN(C(=O)c2cccc3ccccc23)C1CCCS. The summed E-state index contributed by atoms with van der Waals surface area (Å²) in [6.07, 6.45) is 2.37. The Morgan fingerprint density at radius 3 is 2.89 bits per heavy atom. The molecule has 2 aromatic carbocycles. The van der Waals surface area contributed by atoms with Gasteiger partial charge in [-0.05, 0) is 35.4 Å². The molecular formula is C21H29N3O2S. The molecule has 1 aliphatic heterocycles. The molecule has 1 aliphatic rings. The third-order valence-corrected chi connectivity index (χ3v) is 5.73. The molecule has 0 spiro atoms. The van der Waals surface area contributed by atoms with Gasteiger partial charge in [0.1, 0.15) is 0 Å². The summed E-state index contributed by atoms with van der Waals surface area (Å²) in [5.74, 6) is 0.817. The van der Waals surface area contributed by atoms with E-state index in [-0.39, 0.29) is 11.9 Å². The van der Waals surface area contributed by atoms with Gasteiger partial charge in [-0.15, -0.1) is 0 Å². The summed E-state index contributed by atoms with van der Waals surface area (Å²) < 4.78 is 5.26. The fourth-order valence-electron chi connectivity index (χ4n) is 3.99. The van der Waals surface area contributed by atoms with Crippen LogP contribution in [0.1, 0.15) is 29.6 Å². The van der Waals surface area contributed by atoms with Crippen LogP contribution in [0.5, 0.6) is 0 Å². The lowest BCUT2D eigenvalue weighted by Crippen LogP contribution is -2.72. The first-order valence-electron chi connectivity index (χ1n) is 9.53. The summed E-state index contributed by atoms with van der Waals surface area (Å²) in [5, 5.41) is 5.50. The van der Waals surface area contributed by atoms with Gasteiger partial charge in [0.25, 0.3) is 5.91 Å². The first-order valence-corrected chi connectivity index (χ1v) is 10.2. The lowest BCUT2D eigenvalue weighted by atomic mass is 9.89. The van der Waals surface area contributed by atoms with Crippen molar-refractivity contribution in [2.45, 2.75) is 31.0 Å². The van der Waals surface area contributed by atoms with E-state index in [0.717, 1.165) is 34.9 Å². The minimum Gasteiger partial charge on any atom is -0.385 e. The van der Waals surface area contributed by atoms with Crippen LogP contribution in [0.3, 0.4) is 0 Å². The molecule has 2 atom stereocenters. The third-order valence-electron chi connectivity index (χ3n) is 5.41. The minimum absolute atomic E-state index is 0.0460. The second-order valence-corrected chi connectivity index (χ2v) is 7.56. The molecule has 2 aromatic rings. The van der Waals surface area contributed by atoms with Gasteiger partial charge in [-0.1, -0.05) is 36.4 Å². The average Bonchev–Trinajstić information content (AvgIpc) is 2.70. The number of nitrogens with two attached hydrogens (primary N) is 1. The van der Waals surface area contributed by atoms with Crippen molar-refractivity contribution in [3.8, 4) is 0 Å². The number of carbonyl (C=O) groups excluding carboxylic acids is 1. The van der Waals surface area contributed by atoms with Crippen molar-refractivity contribution in [3.05, 3.63) is 48.0 Å². The number of methoxy groups -OCH3 is 1. The maximum atomic E-state index is 13.5. The highest BCUT2D eigenvalue weighted by Crippen LogP contribution is 2.27. The fourth-order valence-corrected chi connectivity index (χ4v) is 4.18. The molecule has 5 nitrogen and oxygen atoms in total. The number of amides is 1. The molecule has 1 unspecified atom stereocenters. The van der Waals surface area contributed by atoms with Crippen LogP contribution >= 0.6 is 12.6 Å². The molecule has 0 radical (unpaired) electrons. The second-order valence-electron chi connectivity index (χ2n) is 7.12. The number of benzene rings is 2.